The summed E-state index contributed by atoms with van der Waals surface area (Å²) in [5.41, 5.74) is 12.4. The van der Waals surface area contributed by atoms with Crippen molar-refractivity contribution in [3.63, 3.8) is 0 Å². The summed E-state index contributed by atoms with van der Waals surface area (Å²) in [6, 6.07) is 1.47. The SMILES string of the molecule is CC(C)C(NC(=O)C(Cc1cnc[nH]1)NC(=O)C(N)Cc1ccc(O)cc1)C(=O)NC(CCC(N)=O)C(=O)O. The molecule has 2 aromatic rings. The zero-order valence-electron chi connectivity index (χ0n) is 21.7. The highest BCUT2D eigenvalue weighted by atomic mass is 16.4. The maximum absolute atomic E-state index is 13.3. The molecule has 1 aromatic heterocycles. The number of carboxylic acid groups (broad SMARTS) is 1. The van der Waals surface area contributed by atoms with Gasteiger partial charge < -0.3 is 42.6 Å². The van der Waals surface area contributed by atoms with E-state index in [4.69, 9.17) is 11.5 Å². The number of phenolic OH excluding ortho intramolecular Hbond substituents is 1. The fourth-order valence-electron chi connectivity index (χ4n) is 3.68. The summed E-state index contributed by atoms with van der Waals surface area (Å²) in [7, 11) is 0. The van der Waals surface area contributed by atoms with Gasteiger partial charge in [0.1, 0.15) is 23.9 Å². The molecule has 0 fully saturated rings. The summed E-state index contributed by atoms with van der Waals surface area (Å²) in [5, 5.41) is 26.4. The van der Waals surface area contributed by atoms with Gasteiger partial charge in [0.25, 0.3) is 0 Å². The average Bonchev–Trinajstić information content (AvgIpc) is 3.38. The molecule has 2 rings (SSSR count). The molecule has 1 aromatic carbocycles. The molecule has 4 amide bonds. The highest BCUT2D eigenvalue weighted by Gasteiger charge is 2.32. The van der Waals surface area contributed by atoms with E-state index in [0.717, 1.165) is 0 Å². The van der Waals surface area contributed by atoms with Gasteiger partial charge in [0.15, 0.2) is 0 Å². The second kappa shape index (κ2) is 14.5. The average molecular weight is 546 g/mol. The van der Waals surface area contributed by atoms with Crippen LogP contribution in [0.1, 0.15) is 37.9 Å². The van der Waals surface area contributed by atoms with Gasteiger partial charge in [0.2, 0.25) is 23.6 Å². The number of aromatic nitrogens is 2. The van der Waals surface area contributed by atoms with E-state index in [1.807, 2.05) is 0 Å². The molecular formula is C25H35N7O7. The first kappa shape index (κ1) is 30.8. The number of hydrogen-bond acceptors (Lipinski definition) is 8. The number of primary amides is 1. The fourth-order valence-corrected chi connectivity index (χ4v) is 3.68. The van der Waals surface area contributed by atoms with Crippen LogP contribution in [-0.2, 0) is 36.8 Å². The van der Waals surface area contributed by atoms with Gasteiger partial charge in [0.05, 0.1) is 12.4 Å². The summed E-state index contributed by atoms with van der Waals surface area (Å²) in [6.45, 7) is 3.31. The highest BCUT2D eigenvalue weighted by Crippen LogP contribution is 2.12. The monoisotopic (exact) mass is 545 g/mol. The van der Waals surface area contributed by atoms with Crippen molar-refractivity contribution in [2.24, 2.45) is 17.4 Å². The third-order valence-electron chi connectivity index (χ3n) is 5.88. The number of aliphatic carboxylic acids is 1. The second-order valence-electron chi connectivity index (χ2n) is 9.45. The molecule has 0 saturated heterocycles. The van der Waals surface area contributed by atoms with E-state index in [-0.39, 0.29) is 31.4 Å². The van der Waals surface area contributed by atoms with Gasteiger partial charge in [-0.15, -0.1) is 0 Å². The zero-order valence-corrected chi connectivity index (χ0v) is 21.7. The molecule has 39 heavy (non-hydrogen) atoms. The Kier molecular flexibility index (Phi) is 11.4. The number of carboxylic acids is 1. The van der Waals surface area contributed by atoms with Gasteiger partial charge in [0, 0.05) is 24.7 Å². The number of carbonyl (C=O) groups excluding carboxylic acids is 4. The topological polar surface area (TPSA) is 243 Å². The molecule has 0 spiro atoms. The molecule has 0 bridgehead atoms. The Balaban J connectivity index is 2.14. The Morgan fingerprint density at radius 3 is 2.13 bits per heavy atom. The van der Waals surface area contributed by atoms with Crippen molar-refractivity contribution >= 4 is 29.6 Å². The van der Waals surface area contributed by atoms with E-state index in [9.17, 15) is 34.2 Å². The molecule has 4 unspecified atom stereocenters. The number of nitrogens with two attached hydrogens (primary N) is 2. The van der Waals surface area contributed by atoms with Crippen molar-refractivity contribution in [1.29, 1.82) is 0 Å². The van der Waals surface area contributed by atoms with Gasteiger partial charge in [-0.05, 0) is 36.5 Å². The van der Waals surface area contributed by atoms with Crippen LogP contribution < -0.4 is 27.4 Å². The first-order valence-electron chi connectivity index (χ1n) is 12.3. The lowest BCUT2D eigenvalue weighted by molar-refractivity contribution is -0.143. The van der Waals surface area contributed by atoms with Crippen LogP contribution in [0.15, 0.2) is 36.8 Å². The van der Waals surface area contributed by atoms with Crippen molar-refractivity contribution < 1.29 is 34.2 Å². The normalized spacial score (nSPS) is 14.1. The third kappa shape index (κ3) is 10.1. The van der Waals surface area contributed by atoms with E-state index in [0.29, 0.717) is 11.3 Å². The minimum absolute atomic E-state index is 0.00625. The molecule has 0 saturated carbocycles. The first-order chi connectivity index (χ1) is 18.4. The maximum atomic E-state index is 13.3. The molecule has 0 aliphatic rings. The molecule has 14 heteroatoms. The van der Waals surface area contributed by atoms with Crippen LogP contribution in [0.3, 0.4) is 0 Å². The lowest BCUT2D eigenvalue weighted by Gasteiger charge is -2.27. The smallest absolute Gasteiger partial charge is 0.326 e. The quantitative estimate of drug-likeness (QED) is 0.132. The van der Waals surface area contributed by atoms with Crippen molar-refractivity contribution in [3.8, 4) is 5.75 Å². The summed E-state index contributed by atoms with van der Waals surface area (Å²) in [5.74, 6) is -4.56. The molecule has 0 radical (unpaired) electrons. The number of amides is 4. The predicted octanol–water partition coefficient (Wildman–Crippen LogP) is -1.31. The number of phenols is 1. The van der Waals surface area contributed by atoms with Gasteiger partial charge in [-0.1, -0.05) is 26.0 Å². The summed E-state index contributed by atoms with van der Waals surface area (Å²) >= 11 is 0. The Hall–Kier alpha value is -4.46. The van der Waals surface area contributed by atoms with Crippen LogP contribution in [0.25, 0.3) is 0 Å². The Morgan fingerprint density at radius 2 is 1.59 bits per heavy atom. The number of nitrogens with one attached hydrogen (secondary N) is 4. The number of nitrogens with zero attached hydrogens (tertiary/aromatic N) is 1. The van der Waals surface area contributed by atoms with Crippen LogP contribution >= 0.6 is 0 Å². The first-order valence-corrected chi connectivity index (χ1v) is 12.3. The van der Waals surface area contributed by atoms with E-state index in [1.54, 1.807) is 26.0 Å². The summed E-state index contributed by atoms with van der Waals surface area (Å²) < 4.78 is 0. The van der Waals surface area contributed by atoms with Crippen LogP contribution in [0, 0.1) is 5.92 Å². The lowest BCUT2D eigenvalue weighted by atomic mass is 10.0. The van der Waals surface area contributed by atoms with Crippen LogP contribution in [0.5, 0.6) is 5.75 Å². The molecule has 1 heterocycles. The second-order valence-corrected chi connectivity index (χ2v) is 9.45. The van der Waals surface area contributed by atoms with Crippen LogP contribution in [0.4, 0.5) is 0 Å². The van der Waals surface area contributed by atoms with E-state index >= 15 is 0 Å². The molecule has 10 N–H and O–H groups in total. The van der Waals surface area contributed by atoms with Crippen molar-refractivity contribution in [2.45, 2.75) is 63.7 Å². The molecule has 212 valence electrons. The van der Waals surface area contributed by atoms with Gasteiger partial charge >= 0.3 is 5.97 Å². The number of benzene rings is 1. The van der Waals surface area contributed by atoms with Crippen LogP contribution in [0.2, 0.25) is 0 Å². The Morgan fingerprint density at radius 1 is 0.949 bits per heavy atom. The van der Waals surface area contributed by atoms with Crippen molar-refractivity contribution in [2.75, 3.05) is 0 Å². The predicted molar refractivity (Wildman–Crippen MR) is 139 cm³/mol. The van der Waals surface area contributed by atoms with Crippen LogP contribution in [-0.4, -0.2) is 73.9 Å². The number of carbonyl (C=O) groups is 5. The third-order valence-corrected chi connectivity index (χ3v) is 5.88. The van der Waals surface area contributed by atoms with Crippen molar-refractivity contribution in [1.82, 2.24) is 25.9 Å². The van der Waals surface area contributed by atoms with E-state index in [1.165, 1.54) is 24.7 Å². The Labute approximate surface area is 224 Å². The molecule has 4 atom stereocenters. The minimum atomic E-state index is -1.39. The highest BCUT2D eigenvalue weighted by molar-refractivity contribution is 5.94. The fraction of sp³-hybridized carbons (Fsp3) is 0.440. The molecule has 0 aliphatic heterocycles. The van der Waals surface area contributed by atoms with Gasteiger partial charge in [-0.2, -0.15) is 0 Å². The molecule has 14 nitrogen and oxygen atoms in total. The van der Waals surface area contributed by atoms with Crippen molar-refractivity contribution in [3.05, 3.63) is 48.0 Å². The largest absolute Gasteiger partial charge is 0.508 e. The number of H-pyrrole nitrogens is 1. The Bertz CT molecular complexity index is 1140. The number of imidazole rings is 1. The van der Waals surface area contributed by atoms with E-state index < -0.39 is 59.7 Å². The number of aromatic amines is 1. The lowest BCUT2D eigenvalue weighted by Crippen LogP contribution is -2.59. The summed E-state index contributed by atoms with van der Waals surface area (Å²) in [6.07, 6.45) is 2.57. The minimum Gasteiger partial charge on any atom is -0.508 e. The standard InChI is InChI=1S/C25H35N7O7/c1-13(2)21(24(37)30-18(25(38)39)7-8-20(27)34)32-23(36)19(10-15-11-28-12-29-15)31-22(35)17(26)9-14-3-5-16(33)6-4-14/h3-6,11-13,17-19,21,33H,7-10,26H2,1-2H3,(H2,27,34)(H,28,29)(H,30,37)(H,31,35)(H,32,36)(H,38,39). The summed E-state index contributed by atoms with van der Waals surface area (Å²) in [4.78, 5) is 68.5. The van der Waals surface area contributed by atoms with Gasteiger partial charge in [-0.25, -0.2) is 9.78 Å². The molecular weight excluding hydrogens is 510 g/mol. The number of aromatic hydroxyl groups is 1. The zero-order chi connectivity index (χ0) is 29.1. The maximum Gasteiger partial charge on any atom is 0.326 e. The van der Waals surface area contributed by atoms with Gasteiger partial charge in [-0.3, -0.25) is 19.2 Å². The van der Waals surface area contributed by atoms with E-state index in [2.05, 4.69) is 25.9 Å². The number of rotatable bonds is 15. The number of hydrogen-bond donors (Lipinski definition) is 8. The molecule has 0 aliphatic carbocycles.